The van der Waals surface area contributed by atoms with E-state index in [1.54, 1.807) is 11.8 Å². The minimum Gasteiger partial charge on any atom is -0.357 e. The third-order valence-corrected chi connectivity index (χ3v) is 6.86. The summed E-state index contributed by atoms with van der Waals surface area (Å²) in [6, 6.07) is 0.0615. The van der Waals surface area contributed by atoms with E-state index in [1.807, 2.05) is 0 Å². The summed E-state index contributed by atoms with van der Waals surface area (Å²) in [5.74, 6) is -5.80. The highest BCUT2D eigenvalue weighted by Gasteiger charge is 2.42. The molecule has 3 N–H and O–H groups in total. The Hall–Kier alpha value is -3.62. The molecule has 0 radical (unpaired) electrons. The molecule has 4 rings (SSSR count). The number of amidine groups is 1. The highest BCUT2D eigenvalue weighted by molar-refractivity contribution is 5.94. The SMILES string of the molecule is CC(=N)N1CCN(C(=O)c2nc(C(F)(F)F)n3c2CN(C(=O)C[C@H](N)Cc2cc(F)c(F)cc2F)CC3)CC1. The monoisotopic (exact) mass is 559 g/mol. The third-order valence-electron chi connectivity index (χ3n) is 6.86. The predicted octanol–water partition coefficient (Wildman–Crippen LogP) is 2.38. The molecule has 39 heavy (non-hydrogen) atoms. The Kier molecular flexibility index (Phi) is 7.91. The molecular formula is C24H27F6N7O2. The number of benzene rings is 1. The summed E-state index contributed by atoms with van der Waals surface area (Å²) in [5.41, 5.74) is 5.29. The normalized spacial score (nSPS) is 16.8. The zero-order valence-electron chi connectivity index (χ0n) is 21.0. The molecule has 0 aliphatic carbocycles. The number of rotatable bonds is 5. The van der Waals surface area contributed by atoms with Crippen molar-refractivity contribution in [2.24, 2.45) is 5.73 Å². The Labute approximate surface area is 219 Å². The van der Waals surface area contributed by atoms with Crippen LogP contribution in [0.1, 0.15) is 40.9 Å². The van der Waals surface area contributed by atoms with Gasteiger partial charge in [-0.25, -0.2) is 18.2 Å². The number of nitrogens with two attached hydrogens (primary N) is 1. The van der Waals surface area contributed by atoms with Crippen molar-refractivity contribution >= 4 is 17.6 Å². The summed E-state index contributed by atoms with van der Waals surface area (Å²) in [5, 5.41) is 7.71. The summed E-state index contributed by atoms with van der Waals surface area (Å²) < 4.78 is 82.8. The Morgan fingerprint density at radius 1 is 0.974 bits per heavy atom. The average Bonchev–Trinajstić information content (AvgIpc) is 3.26. The van der Waals surface area contributed by atoms with Gasteiger partial charge in [-0.15, -0.1) is 0 Å². The van der Waals surface area contributed by atoms with E-state index in [0.717, 1.165) is 4.57 Å². The zero-order chi connectivity index (χ0) is 28.6. The zero-order valence-corrected chi connectivity index (χ0v) is 21.0. The van der Waals surface area contributed by atoms with E-state index in [1.165, 1.54) is 9.80 Å². The second kappa shape index (κ2) is 10.9. The van der Waals surface area contributed by atoms with Crippen molar-refractivity contribution in [3.63, 3.8) is 0 Å². The lowest BCUT2D eigenvalue weighted by Crippen LogP contribution is -2.50. The van der Waals surface area contributed by atoms with Crippen LogP contribution in [-0.2, 0) is 30.5 Å². The lowest BCUT2D eigenvalue weighted by atomic mass is 10.0. The Morgan fingerprint density at radius 2 is 1.56 bits per heavy atom. The van der Waals surface area contributed by atoms with Crippen LogP contribution in [0.5, 0.6) is 0 Å². The van der Waals surface area contributed by atoms with E-state index >= 15 is 0 Å². The van der Waals surface area contributed by atoms with Crippen molar-refractivity contribution in [3.05, 3.63) is 52.4 Å². The smallest absolute Gasteiger partial charge is 0.357 e. The molecule has 0 bridgehead atoms. The molecule has 1 atom stereocenters. The number of alkyl halides is 3. The molecule has 15 heteroatoms. The van der Waals surface area contributed by atoms with E-state index in [9.17, 15) is 35.9 Å². The number of hydrogen-bond donors (Lipinski definition) is 2. The van der Waals surface area contributed by atoms with E-state index in [0.29, 0.717) is 31.1 Å². The van der Waals surface area contributed by atoms with Crippen LogP contribution >= 0.6 is 0 Å². The summed E-state index contributed by atoms with van der Waals surface area (Å²) in [7, 11) is 0. The van der Waals surface area contributed by atoms with Gasteiger partial charge in [0.1, 0.15) is 5.82 Å². The van der Waals surface area contributed by atoms with Gasteiger partial charge < -0.3 is 25.0 Å². The van der Waals surface area contributed by atoms with E-state index in [4.69, 9.17) is 11.1 Å². The number of halogens is 6. The van der Waals surface area contributed by atoms with Crippen LogP contribution in [0.4, 0.5) is 26.3 Å². The molecule has 2 aliphatic heterocycles. The van der Waals surface area contributed by atoms with Gasteiger partial charge >= 0.3 is 6.18 Å². The van der Waals surface area contributed by atoms with Crippen LogP contribution in [0.15, 0.2) is 12.1 Å². The van der Waals surface area contributed by atoms with Gasteiger partial charge in [-0.05, 0) is 25.0 Å². The van der Waals surface area contributed by atoms with Gasteiger partial charge in [0.2, 0.25) is 11.7 Å². The molecule has 212 valence electrons. The molecule has 0 spiro atoms. The van der Waals surface area contributed by atoms with Crippen molar-refractivity contribution in [2.45, 2.75) is 45.1 Å². The molecule has 2 aromatic rings. The minimum atomic E-state index is -4.83. The fraction of sp³-hybridized carbons (Fsp3) is 0.500. The van der Waals surface area contributed by atoms with Gasteiger partial charge in [-0.2, -0.15) is 13.2 Å². The fourth-order valence-electron chi connectivity index (χ4n) is 4.79. The van der Waals surface area contributed by atoms with E-state index in [-0.39, 0.29) is 56.8 Å². The lowest BCUT2D eigenvalue weighted by molar-refractivity contribution is -0.148. The maximum absolute atomic E-state index is 14.0. The fourth-order valence-corrected chi connectivity index (χ4v) is 4.79. The summed E-state index contributed by atoms with van der Waals surface area (Å²) in [6.45, 7) is 2.00. The molecule has 0 saturated carbocycles. The first-order valence-corrected chi connectivity index (χ1v) is 12.2. The maximum atomic E-state index is 14.0. The minimum absolute atomic E-state index is 0.0576. The number of hydrogen-bond acceptors (Lipinski definition) is 5. The molecule has 1 fully saturated rings. The van der Waals surface area contributed by atoms with Crippen LogP contribution in [0.3, 0.4) is 0 Å². The number of carbonyl (C=O) groups excluding carboxylic acids is 2. The third kappa shape index (κ3) is 6.02. The molecule has 0 unspecified atom stereocenters. The molecule has 1 aromatic heterocycles. The first-order valence-electron chi connectivity index (χ1n) is 12.2. The molecule has 3 heterocycles. The standard InChI is InChI=1S/C24H27F6N7O2/c1-13(31)34-2-4-35(5-3-34)22(39)21-19-12-36(6-7-37(19)23(33-21)24(28,29)30)20(38)10-15(32)8-14-9-17(26)18(27)11-16(14)25/h9,11,15,31H,2-8,10,12,32H2,1H3/t15-/m1/s1. The van der Waals surface area contributed by atoms with Gasteiger partial charge in [0.05, 0.1) is 18.1 Å². The Bertz CT molecular complexity index is 1290. The van der Waals surface area contributed by atoms with Crippen LogP contribution in [0.2, 0.25) is 0 Å². The molecule has 9 nitrogen and oxygen atoms in total. The van der Waals surface area contributed by atoms with Gasteiger partial charge in [0, 0.05) is 57.8 Å². The van der Waals surface area contributed by atoms with Crippen LogP contribution < -0.4 is 5.73 Å². The largest absolute Gasteiger partial charge is 0.449 e. The second-order valence-electron chi connectivity index (χ2n) is 9.59. The van der Waals surface area contributed by atoms with Gasteiger partial charge in [0.25, 0.3) is 5.91 Å². The summed E-state index contributed by atoms with van der Waals surface area (Å²) in [4.78, 5) is 34.2. The predicted molar refractivity (Wildman–Crippen MR) is 126 cm³/mol. The van der Waals surface area contributed by atoms with Crippen LogP contribution in [-0.4, -0.2) is 80.7 Å². The Balaban J connectivity index is 1.50. The topological polar surface area (TPSA) is 112 Å². The average molecular weight is 560 g/mol. The Morgan fingerprint density at radius 3 is 2.18 bits per heavy atom. The van der Waals surface area contributed by atoms with Crippen molar-refractivity contribution in [1.29, 1.82) is 5.41 Å². The number of amides is 2. The highest BCUT2D eigenvalue weighted by Crippen LogP contribution is 2.33. The number of carbonyl (C=O) groups is 2. The molecule has 2 aliphatic rings. The first kappa shape index (κ1) is 28.4. The number of piperazine rings is 1. The maximum Gasteiger partial charge on any atom is 0.449 e. The quantitative estimate of drug-likeness (QED) is 0.253. The number of nitrogens with one attached hydrogen (secondary N) is 1. The van der Waals surface area contributed by atoms with Crippen molar-refractivity contribution < 1.29 is 35.9 Å². The first-order chi connectivity index (χ1) is 18.3. The van der Waals surface area contributed by atoms with E-state index in [2.05, 4.69) is 4.98 Å². The molecule has 1 aromatic carbocycles. The molecule has 2 amide bonds. The lowest BCUT2D eigenvalue weighted by Gasteiger charge is -2.35. The van der Waals surface area contributed by atoms with Crippen molar-refractivity contribution in [2.75, 3.05) is 32.7 Å². The van der Waals surface area contributed by atoms with Gasteiger partial charge in [-0.3, -0.25) is 15.0 Å². The number of fused-ring (bicyclic) bond motifs is 1. The van der Waals surface area contributed by atoms with Crippen LogP contribution in [0.25, 0.3) is 0 Å². The summed E-state index contributed by atoms with van der Waals surface area (Å²) in [6.07, 6.45) is -5.44. The number of imidazole rings is 1. The molecule has 1 saturated heterocycles. The van der Waals surface area contributed by atoms with Crippen molar-refractivity contribution in [1.82, 2.24) is 24.3 Å². The number of aromatic nitrogens is 2. The van der Waals surface area contributed by atoms with Gasteiger partial charge in [0.15, 0.2) is 17.3 Å². The summed E-state index contributed by atoms with van der Waals surface area (Å²) >= 11 is 0. The van der Waals surface area contributed by atoms with Gasteiger partial charge in [-0.1, -0.05) is 0 Å². The van der Waals surface area contributed by atoms with E-state index < -0.39 is 53.0 Å². The number of nitrogens with zero attached hydrogens (tertiary/aromatic N) is 5. The highest BCUT2D eigenvalue weighted by atomic mass is 19.4. The van der Waals surface area contributed by atoms with Crippen molar-refractivity contribution in [3.8, 4) is 0 Å². The second-order valence-corrected chi connectivity index (χ2v) is 9.59. The van der Waals surface area contributed by atoms with Crippen LogP contribution in [0, 0.1) is 22.9 Å². The molecular weight excluding hydrogens is 532 g/mol.